The summed E-state index contributed by atoms with van der Waals surface area (Å²) in [4.78, 5) is 0. The molecule has 15 heavy (non-hydrogen) atoms. The molecule has 0 bridgehead atoms. The Morgan fingerprint density at radius 1 is 1.60 bits per heavy atom. The van der Waals surface area contributed by atoms with Crippen LogP contribution in [0.25, 0.3) is 0 Å². The Morgan fingerprint density at radius 2 is 2.33 bits per heavy atom. The van der Waals surface area contributed by atoms with Crippen molar-refractivity contribution >= 4 is 0 Å². The van der Waals surface area contributed by atoms with Gasteiger partial charge in [0.2, 0.25) is 0 Å². The van der Waals surface area contributed by atoms with Gasteiger partial charge in [-0.25, -0.2) is 0 Å². The summed E-state index contributed by atoms with van der Waals surface area (Å²) in [6.45, 7) is 7.79. The van der Waals surface area contributed by atoms with Crippen molar-refractivity contribution in [2.24, 2.45) is 5.92 Å². The summed E-state index contributed by atoms with van der Waals surface area (Å²) in [5.74, 6) is 1.28. The van der Waals surface area contributed by atoms with Crippen LogP contribution >= 0.6 is 0 Å². The fraction of sp³-hybridized carbons (Fsp3) is 0.615. The first-order valence-corrected chi connectivity index (χ1v) is 5.41. The summed E-state index contributed by atoms with van der Waals surface area (Å²) in [7, 11) is 1.65. The summed E-state index contributed by atoms with van der Waals surface area (Å²) in [5.41, 5.74) is 1.54. The van der Waals surface area contributed by atoms with Crippen molar-refractivity contribution in [2.75, 3.05) is 7.11 Å². The first-order valence-electron chi connectivity index (χ1n) is 5.41. The van der Waals surface area contributed by atoms with Crippen LogP contribution in [0.5, 0.6) is 0 Å². The number of rotatable bonds is 4. The smallest absolute Gasteiger partial charge is 0.538 e. The maximum Gasteiger partial charge on any atom is 1.00 e. The standard InChI is InChI=1S/C13H20O.Au/c1-4-7-12-8-5-6-9-13(12)10-11(2)14-3;/h2,4,7,13H,5-6,8-10H2,1,3H3;/q;+1/t13-;/m0./s1. The van der Waals surface area contributed by atoms with Crippen molar-refractivity contribution in [3.63, 3.8) is 0 Å². The van der Waals surface area contributed by atoms with Crippen LogP contribution in [0.2, 0.25) is 0 Å². The Morgan fingerprint density at radius 3 is 2.93 bits per heavy atom. The quantitative estimate of drug-likeness (QED) is 0.405. The van der Waals surface area contributed by atoms with Gasteiger partial charge in [0.15, 0.2) is 0 Å². The van der Waals surface area contributed by atoms with Gasteiger partial charge in [0, 0.05) is 25.7 Å². The average molecular weight is 389 g/mol. The van der Waals surface area contributed by atoms with Crippen molar-refractivity contribution in [3.8, 4) is 0 Å². The van der Waals surface area contributed by atoms with Crippen LogP contribution in [0.4, 0.5) is 0 Å². The molecule has 0 aliphatic heterocycles. The Balaban J connectivity index is 0.00000196. The molecular weight excluding hydrogens is 369 g/mol. The normalized spacial score (nSPS) is 23.1. The summed E-state index contributed by atoms with van der Waals surface area (Å²) < 4.78 is 5.04. The van der Waals surface area contributed by atoms with Crippen LogP contribution < -0.4 is 0 Å². The minimum atomic E-state index is 0. The molecule has 0 amide bonds. The molecule has 0 aromatic carbocycles. The van der Waals surface area contributed by atoms with E-state index in [0.717, 1.165) is 6.42 Å². The molecule has 0 saturated heterocycles. The van der Waals surface area contributed by atoms with E-state index in [-0.39, 0.29) is 22.4 Å². The van der Waals surface area contributed by atoms with Crippen LogP contribution in [0.3, 0.4) is 0 Å². The van der Waals surface area contributed by atoms with E-state index in [9.17, 15) is 0 Å². The molecular formula is C13H20AuO+. The van der Waals surface area contributed by atoms with E-state index in [1.165, 1.54) is 25.7 Å². The minimum absolute atomic E-state index is 0. The third kappa shape index (κ3) is 4.96. The van der Waals surface area contributed by atoms with Crippen LogP contribution in [0.1, 0.15) is 39.0 Å². The monoisotopic (exact) mass is 389 g/mol. The van der Waals surface area contributed by atoms with E-state index in [1.807, 2.05) is 0 Å². The average Bonchev–Trinajstić information content (AvgIpc) is 2.21. The van der Waals surface area contributed by atoms with Gasteiger partial charge in [-0.05, 0) is 25.7 Å². The zero-order valence-electron chi connectivity index (χ0n) is 9.55. The molecule has 88 valence electrons. The molecule has 0 radical (unpaired) electrons. The zero-order valence-corrected chi connectivity index (χ0v) is 11.7. The second-order valence-corrected chi connectivity index (χ2v) is 3.89. The maximum atomic E-state index is 5.72. The predicted octanol–water partition coefficient (Wildman–Crippen LogP) is 3.68. The molecule has 0 aromatic rings. The molecule has 0 N–H and O–H groups in total. The molecule has 1 saturated carbocycles. The molecule has 1 aliphatic carbocycles. The van der Waals surface area contributed by atoms with Crippen LogP contribution in [0, 0.1) is 18.9 Å². The van der Waals surface area contributed by atoms with Gasteiger partial charge in [0.25, 0.3) is 0 Å². The van der Waals surface area contributed by atoms with Crippen molar-refractivity contribution in [2.45, 2.75) is 39.0 Å². The van der Waals surface area contributed by atoms with Crippen molar-refractivity contribution in [1.82, 2.24) is 0 Å². The van der Waals surface area contributed by atoms with E-state index in [4.69, 9.17) is 11.3 Å². The van der Waals surface area contributed by atoms with Gasteiger partial charge in [-0.15, -0.1) is 0 Å². The van der Waals surface area contributed by atoms with E-state index < -0.39 is 0 Å². The number of methoxy groups -OCH3 is 1. The van der Waals surface area contributed by atoms with Crippen LogP contribution in [-0.4, -0.2) is 7.11 Å². The molecule has 0 spiro atoms. The molecule has 0 unspecified atom stereocenters. The van der Waals surface area contributed by atoms with Gasteiger partial charge < -0.3 is 11.3 Å². The van der Waals surface area contributed by atoms with Gasteiger partial charge >= 0.3 is 22.4 Å². The van der Waals surface area contributed by atoms with Crippen LogP contribution in [-0.2, 0) is 27.1 Å². The summed E-state index contributed by atoms with van der Waals surface area (Å²) in [6, 6.07) is 0. The second-order valence-electron chi connectivity index (χ2n) is 3.89. The number of hydrogen-bond donors (Lipinski definition) is 0. The van der Waals surface area contributed by atoms with E-state index >= 15 is 0 Å². The second kappa shape index (κ2) is 8.09. The first-order chi connectivity index (χ1) is 6.77. The van der Waals surface area contributed by atoms with Gasteiger partial charge in [-0.2, -0.15) is 0 Å². The van der Waals surface area contributed by atoms with Crippen molar-refractivity contribution in [1.29, 1.82) is 0 Å². The summed E-state index contributed by atoms with van der Waals surface area (Å²) >= 11 is 0. The molecule has 1 fully saturated rings. The Bertz CT molecular complexity index is 221. The zero-order chi connectivity index (χ0) is 10.4. The largest absolute Gasteiger partial charge is 1.00 e. The summed E-state index contributed by atoms with van der Waals surface area (Å²) in [5, 5.41) is 0. The molecule has 0 heterocycles. The van der Waals surface area contributed by atoms with Gasteiger partial charge in [-0.3, -0.25) is 0 Å². The molecule has 1 atom stereocenters. The molecule has 1 nitrogen and oxygen atoms in total. The molecule has 1 rings (SSSR count). The van der Waals surface area contributed by atoms with E-state index in [0.29, 0.717) is 11.7 Å². The number of ether oxygens (including phenoxy) is 1. The fourth-order valence-electron chi connectivity index (χ4n) is 2.10. The number of hydrogen-bond acceptors (Lipinski definition) is 1. The van der Waals surface area contributed by atoms with Crippen molar-refractivity contribution in [3.05, 3.63) is 30.4 Å². The fourth-order valence-corrected chi connectivity index (χ4v) is 2.10. The van der Waals surface area contributed by atoms with Gasteiger partial charge in [0.1, 0.15) is 0 Å². The number of allylic oxidation sites excluding steroid dienone is 3. The topological polar surface area (TPSA) is 9.23 Å². The van der Waals surface area contributed by atoms with Gasteiger partial charge in [0.05, 0.1) is 18.8 Å². The van der Waals surface area contributed by atoms with E-state index in [2.05, 4.69) is 19.4 Å². The Hall–Kier alpha value is -0.110. The van der Waals surface area contributed by atoms with Crippen molar-refractivity contribution < 1.29 is 27.1 Å². The van der Waals surface area contributed by atoms with E-state index in [1.54, 1.807) is 12.7 Å². The third-order valence-electron chi connectivity index (χ3n) is 2.88. The molecule has 1 aliphatic rings. The van der Waals surface area contributed by atoms with Gasteiger partial charge in [-0.1, -0.05) is 5.76 Å². The first kappa shape index (κ1) is 14.9. The molecule has 0 aromatic heterocycles. The SMILES string of the molecule is [Au+].[CH-]=C(C[C@@H]1CCCCC1=C[CH+]C)OC. The minimum Gasteiger partial charge on any atom is -0.538 e. The maximum absolute atomic E-state index is 5.72. The Kier molecular flexibility index (Phi) is 8.03. The Labute approximate surface area is 109 Å². The summed E-state index contributed by atoms with van der Waals surface area (Å²) in [6.07, 6.45) is 10.4. The van der Waals surface area contributed by atoms with Crippen LogP contribution in [0.15, 0.2) is 17.4 Å². The third-order valence-corrected chi connectivity index (χ3v) is 2.88. The molecule has 2 heteroatoms. The predicted molar refractivity (Wildman–Crippen MR) is 59.5 cm³/mol.